The molecule has 1 N–H and O–H groups in total. The van der Waals surface area contributed by atoms with Crippen LogP contribution in [-0.4, -0.2) is 11.5 Å². The molecule has 0 spiro atoms. The summed E-state index contributed by atoms with van der Waals surface area (Å²) >= 11 is 6.12. The van der Waals surface area contributed by atoms with Crippen molar-refractivity contribution in [1.82, 2.24) is 4.98 Å². The van der Waals surface area contributed by atoms with Crippen molar-refractivity contribution in [2.75, 3.05) is 11.9 Å². The van der Waals surface area contributed by atoms with Crippen molar-refractivity contribution in [2.24, 2.45) is 0 Å². The molecule has 3 rings (SSSR count). The van der Waals surface area contributed by atoms with Crippen molar-refractivity contribution in [3.05, 3.63) is 47.5 Å². The van der Waals surface area contributed by atoms with Crippen molar-refractivity contribution >= 4 is 39.1 Å². The lowest BCUT2D eigenvalue weighted by Crippen LogP contribution is -2.03. The molecule has 0 unspecified atom stereocenters. The highest BCUT2D eigenvalue weighted by atomic mass is 35.5. The lowest BCUT2D eigenvalue weighted by molar-refractivity contribution is 0.685. The van der Waals surface area contributed by atoms with E-state index in [-0.39, 0.29) is 0 Å². The minimum atomic E-state index is 0.726. The zero-order chi connectivity index (χ0) is 15.4. The molecule has 114 valence electrons. The van der Waals surface area contributed by atoms with E-state index in [9.17, 15) is 0 Å². The molecular formula is C19H21ClN2. The van der Waals surface area contributed by atoms with Crippen molar-refractivity contribution in [1.29, 1.82) is 0 Å². The van der Waals surface area contributed by atoms with Crippen LogP contribution in [0.3, 0.4) is 0 Å². The number of hydrogen-bond donors (Lipinski definition) is 1. The minimum absolute atomic E-state index is 0.726. The number of hydrogen-bond acceptors (Lipinski definition) is 2. The Labute approximate surface area is 136 Å². The Hall–Kier alpha value is -1.80. The van der Waals surface area contributed by atoms with Crippen LogP contribution >= 0.6 is 11.6 Å². The van der Waals surface area contributed by atoms with E-state index in [1.54, 1.807) is 0 Å². The molecule has 0 saturated carbocycles. The van der Waals surface area contributed by atoms with Gasteiger partial charge in [-0.05, 0) is 30.7 Å². The van der Waals surface area contributed by atoms with Crippen LogP contribution in [0.15, 0.2) is 42.5 Å². The highest BCUT2D eigenvalue weighted by Crippen LogP contribution is 2.32. The Balaban J connectivity index is 1.99. The van der Waals surface area contributed by atoms with Crippen LogP contribution in [0.25, 0.3) is 21.8 Å². The molecule has 1 aromatic heterocycles. The van der Waals surface area contributed by atoms with Crippen molar-refractivity contribution in [2.45, 2.75) is 32.6 Å². The van der Waals surface area contributed by atoms with E-state index in [1.165, 1.54) is 36.8 Å². The Morgan fingerprint density at radius 3 is 2.64 bits per heavy atom. The second kappa shape index (κ2) is 6.97. The van der Waals surface area contributed by atoms with E-state index < -0.39 is 0 Å². The fourth-order valence-electron chi connectivity index (χ4n) is 2.82. The maximum Gasteiger partial charge on any atom is 0.0745 e. The van der Waals surface area contributed by atoms with Gasteiger partial charge in [0, 0.05) is 22.3 Å². The molecule has 0 saturated heterocycles. The summed E-state index contributed by atoms with van der Waals surface area (Å²) in [6, 6.07) is 14.2. The highest BCUT2D eigenvalue weighted by molar-refractivity contribution is 6.31. The zero-order valence-electron chi connectivity index (χ0n) is 12.9. The molecule has 0 amide bonds. The first-order chi connectivity index (χ1) is 10.8. The van der Waals surface area contributed by atoms with E-state index in [4.69, 9.17) is 16.6 Å². The SMILES string of the molecule is CCCCCCNc1c2ccccc2nc2cc(Cl)ccc12. The fourth-order valence-corrected chi connectivity index (χ4v) is 2.99. The first-order valence-electron chi connectivity index (χ1n) is 8.01. The van der Waals surface area contributed by atoms with Crippen LogP contribution in [0, 0.1) is 0 Å². The van der Waals surface area contributed by atoms with Crippen LogP contribution in [0.4, 0.5) is 5.69 Å². The standard InChI is InChI=1S/C19H21ClN2/c1-2-3-4-7-12-21-19-15-8-5-6-9-17(15)22-18-13-14(20)10-11-16(18)19/h5-6,8-11,13H,2-4,7,12H2,1H3,(H,21,22). The third-order valence-corrected chi connectivity index (χ3v) is 4.21. The predicted octanol–water partition coefficient (Wildman–Crippen LogP) is 6.03. The van der Waals surface area contributed by atoms with Gasteiger partial charge in [-0.3, -0.25) is 0 Å². The second-order valence-corrected chi connectivity index (χ2v) is 6.09. The molecular weight excluding hydrogens is 292 g/mol. The summed E-state index contributed by atoms with van der Waals surface area (Å²) in [5.41, 5.74) is 3.13. The lowest BCUT2D eigenvalue weighted by Gasteiger charge is -2.13. The summed E-state index contributed by atoms with van der Waals surface area (Å²) in [4.78, 5) is 4.73. The maximum absolute atomic E-state index is 6.12. The Morgan fingerprint density at radius 2 is 1.77 bits per heavy atom. The van der Waals surface area contributed by atoms with Crippen LogP contribution in [0.5, 0.6) is 0 Å². The summed E-state index contributed by atoms with van der Waals surface area (Å²) in [6.07, 6.45) is 5.03. The van der Waals surface area contributed by atoms with Gasteiger partial charge < -0.3 is 5.32 Å². The smallest absolute Gasteiger partial charge is 0.0745 e. The number of fused-ring (bicyclic) bond motifs is 2. The van der Waals surface area contributed by atoms with Gasteiger partial charge in [0.25, 0.3) is 0 Å². The van der Waals surface area contributed by atoms with E-state index in [0.717, 1.165) is 28.0 Å². The van der Waals surface area contributed by atoms with Crippen LogP contribution < -0.4 is 5.32 Å². The van der Waals surface area contributed by atoms with E-state index in [2.05, 4.69) is 36.5 Å². The molecule has 3 heteroatoms. The monoisotopic (exact) mass is 312 g/mol. The van der Waals surface area contributed by atoms with Gasteiger partial charge in [-0.2, -0.15) is 0 Å². The topological polar surface area (TPSA) is 24.9 Å². The van der Waals surface area contributed by atoms with Crippen molar-refractivity contribution < 1.29 is 0 Å². The predicted molar refractivity (Wildman–Crippen MR) is 96.9 cm³/mol. The van der Waals surface area contributed by atoms with Gasteiger partial charge in [-0.25, -0.2) is 4.98 Å². The Bertz CT molecular complexity index is 783. The number of aromatic nitrogens is 1. The molecule has 0 aliphatic carbocycles. The number of rotatable bonds is 6. The average Bonchev–Trinajstić information content (AvgIpc) is 2.53. The molecule has 0 bridgehead atoms. The summed E-state index contributed by atoms with van der Waals surface area (Å²) in [7, 11) is 0. The Kier molecular flexibility index (Phi) is 4.79. The quantitative estimate of drug-likeness (QED) is 0.444. The molecule has 3 aromatic rings. The number of para-hydroxylation sites is 1. The van der Waals surface area contributed by atoms with Gasteiger partial charge in [0.1, 0.15) is 0 Å². The van der Waals surface area contributed by atoms with Crippen molar-refractivity contribution in [3.8, 4) is 0 Å². The van der Waals surface area contributed by atoms with Crippen LogP contribution in [0.2, 0.25) is 5.02 Å². The fraction of sp³-hybridized carbons (Fsp3) is 0.316. The van der Waals surface area contributed by atoms with E-state index in [0.29, 0.717) is 0 Å². The number of halogens is 1. The molecule has 2 aromatic carbocycles. The second-order valence-electron chi connectivity index (χ2n) is 5.65. The molecule has 2 nitrogen and oxygen atoms in total. The van der Waals surface area contributed by atoms with Gasteiger partial charge in [0.05, 0.1) is 16.7 Å². The number of anilines is 1. The van der Waals surface area contributed by atoms with Crippen LogP contribution in [-0.2, 0) is 0 Å². The summed E-state index contributed by atoms with van der Waals surface area (Å²) in [5, 5.41) is 6.66. The highest BCUT2D eigenvalue weighted by Gasteiger charge is 2.08. The number of nitrogens with one attached hydrogen (secondary N) is 1. The van der Waals surface area contributed by atoms with Crippen molar-refractivity contribution in [3.63, 3.8) is 0 Å². The number of nitrogens with zero attached hydrogens (tertiary/aromatic N) is 1. The number of unbranched alkanes of at least 4 members (excludes halogenated alkanes) is 3. The van der Waals surface area contributed by atoms with Crippen LogP contribution in [0.1, 0.15) is 32.6 Å². The zero-order valence-corrected chi connectivity index (χ0v) is 13.7. The molecule has 1 heterocycles. The summed E-state index contributed by atoms with van der Waals surface area (Å²) in [5.74, 6) is 0. The van der Waals surface area contributed by atoms with Gasteiger partial charge in [0.15, 0.2) is 0 Å². The third-order valence-electron chi connectivity index (χ3n) is 3.98. The molecule has 0 fully saturated rings. The molecule has 0 aliphatic heterocycles. The molecule has 22 heavy (non-hydrogen) atoms. The van der Waals surface area contributed by atoms with E-state index in [1.807, 2.05) is 18.2 Å². The maximum atomic E-state index is 6.12. The van der Waals surface area contributed by atoms with E-state index >= 15 is 0 Å². The lowest BCUT2D eigenvalue weighted by atomic mass is 10.1. The molecule has 0 atom stereocenters. The molecule has 0 radical (unpaired) electrons. The summed E-state index contributed by atoms with van der Waals surface area (Å²) < 4.78 is 0. The first-order valence-corrected chi connectivity index (χ1v) is 8.39. The summed E-state index contributed by atoms with van der Waals surface area (Å²) in [6.45, 7) is 3.23. The average molecular weight is 313 g/mol. The van der Waals surface area contributed by atoms with Gasteiger partial charge in [-0.15, -0.1) is 0 Å². The van der Waals surface area contributed by atoms with Gasteiger partial charge in [0.2, 0.25) is 0 Å². The Morgan fingerprint density at radius 1 is 0.955 bits per heavy atom. The first kappa shape index (κ1) is 15.1. The normalized spacial score (nSPS) is 11.2. The number of pyridine rings is 1. The van der Waals surface area contributed by atoms with Gasteiger partial charge in [-0.1, -0.05) is 56.0 Å². The third kappa shape index (κ3) is 3.17. The van der Waals surface area contributed by atoms with Gasteiger partial charge >= 0.3 is 0 Å². The minimum Gasteiger partial charge on any atom is -0.384 e. The molecule has 0 aliphatic rings. The largest absolute Gasteiger partial charge is 0.384 e. The number of benzene rings is 2.